The number of nitrogens with zero attached hydrogens (tertiary/aromatic N) is 5. The Morgan fingerprint density at radius 2 is 1.88 bits per heavy atom. The summed E-state index contributed by atoms with van der Waals surface area (Å²) in [4.78, 5) is 17.1. The number of hydrogen-bond acceptors (Lipinski definition) is 8. The fourth-order valence-electron chi connectivity index (χ4n) is 7.54. The minimum absolute atomic E-state index is 0.113. The fourth-order valence-corrected chi connectivity index (χ4v) is 7.82. The highest BCUT2D eigenvalue weighted by Gasteiger charge is 2.49. The number of halogens is 6. The third kappa shape index (κ3) is 4.93. The number of pyridine rings is 1. The van der Waals surface area contributed by atoms with Gasteiger partial charge in [0.05, 0.1) is 27.4 Å². The van der Waals surface area contributed by atoms with Crippen molar-refractivity contribution >= 4 is 34.1 Å². The number of benzene rings is 1. The molecule has 43 heavy (non-hydrogen) atoms. The minimum atomic E-state index is -4.85. The van der Waals surface area contributed by atoms with E-state index in [1.165, 1.54) is 13.0 Å². The first kappa shape index (κ1) is 28.7. The molecule has 230 valence electrons. The zero-order valence-corrected chi connectivity index (χ0v) is 24.2. The van der Waals surface area contributed by atoms with Gasteiger partial charge >= 0.3 is 12.2 Å². The summed E-state index contributed by atoms with van der Waals surface area (Å²) >= 11 is 6.56. The first-order chi connectivity index (χ1) is 20.4. The molecular formula is C29H31ClF5N7O. The van der Waals surface area contributed by atoms with E-state index in [1.807, 2.05) is 4.90 Å². The number of hydrogen-bond donors (Lipinski definition) is 2. The van der Waals surface area contributed by atoms with Gasteiger partial charge in [-0.05, 0) is 56.8 Å². The Labute approximate surface area is 249 Å². The van der Waals surface area contributed by atoms with Gasteiger partial charge in [-0.3, -0.25) is 4.90 Å². The summed E-state index contributed by atoms with van der Waals surface area (Å²) < 4.78 is 79.7. The SMILES string of the molecule is Cc1cc(N)nc(-c2c(Cl)cc3c(N4CC5CCC(C4)N5)nc(OCC45CCCN4CC(F)C5)nc3c2F)c1C(F)(F)F. The summed E-state index contributed by atoms with van der Waals surface area (Å²) in [6, 6.07) is 2.78. The summed E-state index contributed by atoms with van der Waals surface area (Å²) in [6.07, 6.45) is -1.86. The highest BCUT2D eigenvalue weighted by molar-refractivity contribution is 6.34. The molecule has 4 unspecified atom stereocenters. The van der Waals surface area contributed by atoms with Crippen LogP contribution in [0.1, 0.15) is 43.2 Å². The molecule has 6 heterocycles. The molecular weight excluding hydrogens is 593 g/mol. The van der Waals surface area contributed by atoms with Crippen molar-refractivity contribution in [1.82, 2.24) is 25.2 Å². The Balaban J connectivity index is 1.38. The molecule has 3 aromatic rings. The zero-order valence-electron chi connectivity index (χ0n) is 23.4. The maximum Gasteiger partial charge on any atom is 0.418 e. The van der Waals surface area contributed by atoms with E-state index in [1.54, 1.807) is 0 Å². The molecule has 8 nitrogen and oxygen atoms in total. The number of piperazine rings is 1. The Kier molecular flexibility index (Phi) is 6.86. The molecule has 7 rings (SSSR count). The average molecular weight is 624 g/mol. The highest BCUT2D eigenvalue weighted by atomic mass is 35.5. The average Bonchev–Trinajstić information content (AvgIpc) is 3.56. The van der Waals surface area contributed by atoms with E-state index in [4.69, 9.17) is 27.1 Å². The van der Waals surface area contributed by atoms with Crippen LogP contribution >= 0.6 is 11.6 Å². The van der Waals surface area contributed by atoms with Crippen molar-refractivity contribution < 1.29 is 26.7 Å². The normalized spacial score (nSPS) is 27.3. The standard InChI is InChI=1S/C29H31ClF5N7O/c1-14-7-20(36)38-25(22(14)29(33,34)35)21-19(30)8-18-24(23(21)32)39-27(40-26(18)41-11-16-3-4-17(12-41)37-16)43-13-28-5-2-6-42(28)10-15(31)9-28/h7-8,15-17,37H,2-6,9-13H2,1H3,(H2,36,38). The quantitative estimate of drug-likeness (QED) is 0.371. The third-order valence-electron chi connectivity index (χ3n) is 9.35. The first-order valence-corrected chi connectivity index (χ1v) is 14.9. The molecule has 0 aliphatic carbocycles. The van der Waals surface area contributed by atoms with Crippen LogP contribution in [-0.2, 0) is 6.18 Å². The maximum absolute atomic E-state index is 16.6. The lowest BCUT2D eigenvalue weighted by Crippen LogP contribution is -2.51. The second-order valence-electron chi connectivity index (χ2n) is 12.3. The summed E-state index contributed by atoms with van der Waals surface area (Å²) in [5, 5.41) is 3.52. The third-order valence-corrected chi connectivity index (χ3v) is 9.64. The van der Waals surface area contributed by atoms with Crippen molar-refractivity contribution in [3.63, 3.8) is 0 Å². The van der Waals surface area contributed by atoms with E-state index in [2.05, 4.69) is 20.2 Å². The van der Waals surface area contributed by atoms with Gasteiger partial charge in [0, 0.05) is 43.5 Å². The molecule has 14 heteroatoms. The molecule has 0 spiro atoms. The Bertz CT molecular complexity index is 1590. The molecule has 4 fully saturated rings. The fraction of sp³-hybridized carbons (Fsp3) is 0.552. The van der Waals surface area contributed by atoms with Crippen LogP contribution in [0.2, 0.25) is 5.02 Å². The number of aromatic nitrogens is 3. The predicted octanol–water partition coefficient (Wildman–Crippen LogP) is 5.29. The van der Waals surface area contributed by atoms with E-state index in [9.17, 15) is 17.6 Å². The summed E-state index contributed by atoms with van der Waals surface area (Å²) in [7, 11) is 0. The molecule has 0 saturated carbocycles. The van der Waals surface area contributed by atoms with Crippen LogP contribution < -0.4 is 20.7 Å². The van der Waals surface area contributed by atoms with Gasteiger partial charge in [0.1, 0.15) is 29.9 Å². The van der Waals surface area contributed by atoms with Gasteiger partial charge in [-0.1, -0.05) is 11.6 Å². The van der Waals surface area contributed by atoms with E-state index < -0.39 is 40.5 Å². The van der Waals surface area contributed by atoms with Gasteiger partial charge in [-0.2, -0.15) is 23.1 Å². The summed E-state index contributed by atoms with van der Waals surface area (Å²) in [6.45, 7) is 3.64. The van der Waals surface area contributed by atoms with E-state index in [0.29, 0.717) is 31.9 Å². The van der Waals surface area contributed by atoms with Crippen molar-refractivity contribution in [2.45, 2.75) is 69.0 Å². The number of rotatable bonds is 5. The van der Waals surface area contributed by atoms with Crippen molar-refractivity contribution in [2.24, 2.45) is 0 Å². The number of nitrogen functional groups attached to an aromatic ring is 1. The maximum atomic E-state index is 16.6. The van der Waals surface area contributed by atoms with Crippen molar-refractivity contribution in [1.29, 1.82) is 0 Å². The van der Waals surface area contributed by atoms with Crippen LogP contribution in [0.25, 0.3) is 22.2 Å². The number of fused-ring (bicyclic) bond motifs is 4. The molecule has 2 aromatic heterocycles. The smallest absolute Gasteiger partial charge is 0.418 e. The van der Waals surface area contributed by atoms with E-state index in [-0.39, 0.29) is 52.0 Å². The van der Waals surface area contributed by atoms with Crippen LogP contribution in [0.5, 0.6) is 6.01 Å². The van der Waals surface area contributed by atoms with Crippen LogP contribution in [0.15, 0.2) is 12.1 Å². The summed E-state index contributed by atoms with van der Waals surface area (Å²) in [5.74, 6) is -0.903. The highest BCUT2D eigenvalue weighted by Crippen LogP contribution is 2.45. The molecule has 4 saturated heterocycles. The van der Waals surface area contributed by atoms with Crippen molar-refractivity contribution in [3.05, 3.63) is 34.1 Å². The molecule has 1 aromatic carbocycles. The number of nitrogens with one attached hydrogen (secondary N) is 1. The lowest BCUT2D eigenvalue weighted by molar-refractivity contribution is -0.137. The van der Waals surface area contributed by atoms with Gasteiger partial charge < -0.3 is 20.7 Å². The van der Waals surface area contributed by atoms with Crippen LogP contribution in [0.3, 0.4) is 0 Å². The molecule has 2 bridgehead atoms. The lowest BCUT2D eigenvalue weighted by Gasteiger charge is -2.34. The van der Waals surface area contributed by atoms with E-state index in [0.717, 1.165) is 38.3 Å². The molecule has 0 amide bonds. The molecule has 4 aliphatic heterocycles. The first-order valence-electron chi connectivity index (χ1n) is 14.5. The zero-order chi connectivity index (χ0) is 30.3. The van der Waals surface area contributed by atoms with Crippen LogP contribution in [-0.4, -0.2) is 76.4 Å². The second kappa shape index (κ2) is 10.3. The Hall–Kier alpha value is -3.03. The Morgan fingerprint density at radius 3 is 2.60 bits per heavy atom. The molecule has 4 atom stereocenters. The lowest BCUT2D eigenvalue weighted by atomic mass is 9.95. The van der Waals surface area contributed by atoms with Gasteiger partial charge in [0.25, 0.3) is 0 Å². The number of anilines is 2. The predicted molar refractivity (Wildman–Crippen MR) is 153 cm³/mol. The Morgan fingerprint density at radius 1 is 1.14 bits per heavy atom. The van der Waals surface area contributed by atoms with Crippen molar-refractivity contribution in [2.75, 3.05) is 43.4 Å². The van der Waals surface area contributed by atoms with Crippen LogP contribution in [0, 0.1) is 12.7 Å². The monoisotopic (exact) mass is 623 g/mol. The topological polar surface area (TPSA) is 92.4 Å². The van der Waals surface area contributed by atoms with E-state index >= 15 is 4.39 Å². The molecule has 4 aliphatic rings. The minimum Gasteiger partial charge on any atom is -0.461 e. The van der Waals surface area contributed by atoms with Gasteiger partial charge in [0.15, 0.2) is 5.82 Å². The number of alkyl halides is 4. The van der Waals surface area contributed by atoms with Gasteiger partial charge in [-0.25, -0.2) is 13.8 Å². The number of nitrogens with two attached hydrogens (primary N) is 1. The number of aryl methyl sites for hydroxylation is 1. The molecule has 0 radical (unpaired) electrons. The molecule has 3 N–H and O–H groups in total. The van der Waals surface area contributed by atoms with Crippen molar-refractivity contribution in [3.8, 4) is 17.3 Å². The van der Waals surface area contributed by atoms with Crippen LogP contribution in [0.4, 0.5) is 33.6 Å². The van der Waals surface area contributed by atoms with Gasteiger partial charge in [0.2, 0.25) is 0 Å². The summed E-state index contributed by atoms with van der Waals surface area (Å²) in [5.41, 5.74) is 2.47. The largest absolute Gasteiger partial charge is 0.461 e. The van der Waals surface area contributed by atoms with Gasteiger partial charge in [-0.15, -0.1) is 0 Å². The number of ether oxygens (including phenoxy) is 1. The second-order valence-corrected chi connectivity index (χ2v) is 12.7.